The average molecular weight is 412 g/mol. The third-order valence-corrected chi connectivity index (χ3v) is 5.91. The number of rotatable bonds is 5. The van der Waals surface area contributed by atoms with Gasteiger partial charge in [-0.1, -0.05) is 48.5 Å². The van der Waals surface area contributed by atoms with Gasteiger partial charge in [-0.25, -0.2) is 4.98 Å². The Hall–Kier alpha value is -3.60. The number of hydrogen-bond acceptors (Lipinski definition) is 3. The normalized spacial score (nSPS) is 14.6. The number of fused-ring (bicyclic) bond motifs is 1. The largest absolute Gasteiger partial charge is 0.489 e. The molecule has 1 aromatic heterocycles. The highest BCUT2D eigenvalue weighted by atomic mass is 16.5. The van der Waals surface area contributed by atoms with Gasteiger partial charge in [0.2, 0.25) is 0 Å². The van der Waals surface area contributed by atoms with E-state index in [0.717, 1.165) is 48.4 Å². The molecule has 0 bridgehead atoms. The SMILES string of the molecule is O=C(c1cccc(OCc2ccccc2)c1)N1CCC(c2nc3ccccc3[nH]2)CC1. The molecule has 31 heavy (non-hydrogen) atoms. The number of benzene rings is 3. The number of nitrogens with one attached hydrogen (secondary N) is 1. The summed E-state index contributed by atoms with van der Waals surface area (Å²) in [7, 11) is 0. The number of para-hydroxylation sites is 2. The van der Waals surface area contributed by atoms with Gasteiger partial charge in [0.1, 0.15) is 18.2 Å². The Morgan fingerprint density at radius 2 is 1.74 bits per heavy atom. The molecule has 5 nitrogen and oxygen atoms in total. The molecule has 0 spiro atoms. The van der Waals surface area contributed by atoms with Crippen LogP contribution in [-0.4, -0.2) is 33.9 Å². The van der Waals surface area contributed by atoms with Crippen molar-refractivity contribution < 1.29 is 9.53 Å². The lowest BCUT2D eigenvalue weighted by Gasteiger charge is -2.31. The summed E-state index contributed by atoms with van der Waals surface area (Å²) in [5.74, 6) is 2.17. The molecule has 1 aliphatic heterocycles. The Labute approximate surface area is 181 Å². The third kappa shape index (κ3) is 4.31. The van der Waals surface area contributed by atoms with Crippen LogP contribution in [0.15, 0.2) is 78.9 Å². The summed E-state index contributed by atoms with van der Waals surface area (Å²) in [4.78, 5) is 23.2. The van der Waals surface area contributed by atoms with Crippen LogP contribution in [0.4, 0.5) is 0 Å². The maximum absolute atomic E-state index is 13.1. The molecule has 5 rings (SSSR count). The molecule has 0 saturated carbocycles. The van der Waals surface area contributed by atoms with Crippen molar-refractivity contribution in [2.75, 3.05) is 13.1 Å². The summed E-state index contributed by atoms with van der Waals surface area (Å²) in [6.07, 6.45) is 1.82. The Balaban J connectivity index is 1.21. The zero-order valence-electron chi connectivity index (χ0n) is 17.3. The van der Waals surface area contributed by atoms with Crippen LogP contribution in [0.5, 0.6) is 5.75 Å². The fraction of sp³-hybridized carbons (Fsp3) is 0.231. The van der Waals surface area contributed by atoms with Gasteiger partial charge < -0.3 is 14.6 Å². The molecule has 1 saturated heterocycles. The van der Waals surface area contributed by atoms with Crippen LogP contribution in [0, 0.1) is 0 Å². The molecular weight excluding hydrogens is 386 g/mol. The zero-order chi connectivity index (χ0) is 21.0. The molecule has 156 valence electrons. The zero-order valence-corrected chi connectivity index (χ0v) is 17.3. The smallest absolute Gasteiger partial charge is 0.253 e. The molecular formula is C26H25N3O2. The molecule has 0 unspecified atom stereocenters. The van der Waals surface area contributed by atoms with Crippen LogP contribution in [-0.2, 0) is 6.61 Å². The van der Waals surface area contributed by atoms with E-state index in [1.807, 2.05) is 77.7 Å². The number of aromatic nitrogens is 2. The first-order chi connectivity index (χ1) is 15.3. The molecule has 1 amide bonds. The molecule has 2 heterocycles. The number of carbonyl (C=O) groups is 1. The maximum atomic E-state index is 13.1. The first-order valence-electron chi connectivity index (χ1n) is 10.8. The van der Waals surface area contributed by atoms with Gasteiger partial charge in [-0.2, -0.15) is 0 Å². The number of aromatic amines is 1. The molecule has 1 N–H and O–H groups in total. The minimum absolute atomic E-state index is 0.0632. The minimum Gasteiger partial charge on any atom is -0.489 e. The highest BCUT2D eigenvalue weighted by molar-refractivity contribution is 5.94. The second-order valence-electron chi connectivity index (χ2n) is 8.01. The van der Waals surface area contributed by atoms with E-state index in [4.69, 9.17) is 9.72 Å². The number of H-pyrrole nitrogens is 1. The molecule has 5 heteroatoms. The maximum Gasteiger partial charge on any atom is 0.253 e. The third-order valence-electron chi connectivity index (χ3n) is 5.91. The molecule has 1 fully saturated rings. The molecule has 0 radical (unpaired) electrons. The lowest BCUT2D eigenvalue weighted by Crippen LogP contribution is -2.38. The Bertz CT molecular complexity index is 1140. The summed E-state index contributed by atoms with van der Waals surface area (Å²) in [5.41, 5.74) is 3.85. The van der Waals surface area contributed by atoms with E-state index >= 15 is 0 Å². The number of nitrogens with zero attached hydrogens (tertiary/aromatic N) is 2. The van der Waals surface area contributed by atoms with E-state index < -0.39 is 0 Å². The van der Waals surface area contributed by atoms with Crippen LogP contribution in [0.2, 0.25) is 0 Å². The van der Waals surface area contributed by atoms with E-state index in [2.05, 4.69) is 11.1 Å². The summed E-state index contributed by atoms with van der Waals surface area (Å²) in [5, 5.41) is 0. The number of ether oxygens (including phenoxy) is 1. The second-order valence-corrected chi connectivity index (χ2v) is 8.01. The van der Waals surface area contributed by atoms with Crippen molar-refractivity contribution >= 4 is 16.9 Å². The van der Waals surface area contributed by atoms with Gasteiger partial charge in [0.25, 0.3) is 5.91 Å². The number of hydrogen-bond donors (Lipinski definition) is 1. The molecule has 0 atom stereocenters. The van der Waals surface area contributed by atoms with Gasteiger partial charge in [0.15, 0.2) is 0 Å². The van der Waals surface area contributed by atoms with Crippen molar-refractivity contribution in [3.05, 3.63) is 95.8 Å². The Morgan fingerprint density at radius 3 is 2.55 bits per heavy atom. The van der Waals surface area contributed by atoms with Crippen molar-refractivity contribution in [1.29, 1.82) is 0 Å². The summed E-state index contributed by atoms with van der Waals surface area (Å²) >= 11 is 0. The summed E-state index contributed by atoms with van der Waals surface area (Å²) in [6, 6.07) is 25.6. The van der Waals surface area contributed by atoms with Crippen molar-refractivity contribution in [2.45, 2.75) is 25.4 Å². The van der Waals surface area contributed by atoms with Crippen molar-refractivity contribution in [3.8, 4) is 5.75 Å². The fourth-order valence-electron chi connectivity index (χ4n) is 4.16. The van der Waals surface area contributed by atoms with Crippen LogP contribution in [0.3, 0.4) is 0 Å². The van der Waals surface area contributed by atoms with Crippen molar-refractivity contribution in [3.63, 3.8) is 0 Å². The number of carbonyl (C=O) groups excluding carboxylic acids is 1. The summed E-state index contributed by atoms with van der Waals surface area (Å²) in [6.45, 7) is 1.95. The molecule has 0 aliphatic carbocycles. The van der Waals surface area contributed by atoms with Gasteiger partial charge in [-0.05, 0) is 48.7 Å². The van der Waals surface area contributed by atoms with Gasteiger partial charge in [-0.15, -0.1) is 0 Å². The van der Waals surface area contributed by atoms with E-state index in [1.165, 1.54) is 0 Å². The Kier molecular flexibility index (Phi) is 5.40. The number of piperidine rings is 1. The monoisotopic (exact) mass is 411 g/mol. The standard InChI is InChI=1S/C26H25N3O2/c30-26(21-9-6-10-22(17-21)31-18-19-7-2-1-3-8-19)29-15-13-20(14-16-29)25-27-23-11-4-5-12-24(23)28-25/h1-12,17,20H,13-16,18H2,(H,27,28). The first-order valence-corrected chi connectivity index (χ1v) is 10.8. The Morgan fingerprint density at radius 1 is 0.968 bits per heavy atom. The fourth-order valence-corrected chi connectivity index (χ4v) is 4.16. The lowest BCUT2D eigenvalue weighted by atomic mass is 9.95. The summed E-state index contributed by atoms with van der Waals surface area (Å²) < 4.78 is 5.89. The van der Waals surface area contributed by atoms with Crippen molar-refractivity contribution in [1.82, 2.24) is 14.9 Å². The predicted octanol–water partition coefficient (Wildman–Crippen LogP) is 5.16. The van der Waals surface area contributed by atoms with Crippen LogP contribution in [0.25, 0.3) is 11.0 Å². The van der Waals surface area contributed by atoms with Crippen molar-refractivity contribution in [2.24, 2.45) is 0 Å². The van der Waals surface area contributed by atoms with Gasteiger partial charge in [-0.3, -0.25) is 4.79 Å². The van der Waals surface area contributed by atoms with Gasteiger partial charge >= 0.3 is 0 Å². The topological polar surface area (TPSA) is 58.2 Å². The first kappa shape index (κ1) is 19.4. The van der Waals surface area contributed by atoms with Crippen LogP contribution >= 0.6 is 0 Å². The van der Waals surface area contributed by atoms with Crippen LogP contribution < -0.4 is 4.74 Å². The minimum atomic E-state index is 0.0632. The highest BCUT2D eigenvalue weighted by Gasteiger charge is 2.26. The number of likely N-dealkylation sites (tertiary alicyclic amines) is 1. The van der Waals surface area contributed by atoms with Crippen LogP contribution in [0.1, 0.15) is 40.5 Å². The lowest BCUT2D eigenvalue weighted by molar-refractivity contribution is 0.0711. The van der Waals surface area contributed by atoms with E-state index in [0.29, 0.717) is 23.8 Å². The number of imidazole rings is 1. The second kappa shape index (κ2) is 8.64. The van der Waals surface area contributed by atoms with Gasteiger partial charge in [0, 0.05) is 24.6 Å². The van der Waals surface area contributed by atoms with E-state index in [1.54, 1.807) is 0 Å². The molecule has 1 aliphatic rings. The molecule has 4 aromatic rings. The highest BCUT2D eigenvalue weighted by Crippen LogP contribution is 2.28. The number of amides is 1. The average Bonchev–Trinajstić information content (AvgIpc) is 3.28. The quantitative estimate of drug-likeness (QED) is 0.493. The predicted molar refractivity (Wildman–Crippen MR) is 121 cm³/mol. The van der Waals surface area contributed by atoms with E-state index in [9.17, 15) is 4.79 Å². The van der Waals surface area contributed by atoms with Gasteiger partial charge in [0.05, 0.1) is 11.0 Å². The van der Waals surface area contributed by atoms with E-state index in [-0.39, 0.29) is 5.91 Å². The molecule has 3 aromatic carbocycles.